The van der Waals surface area contributed by atoms with Crippen molar-refractivity contribution in [2.24, 2.45) is 5.73 Å². The van der Waals surface area contributed by atoms with Crippen molar-refractivity contribution in [2.45, 2.75) is 33.7 Å². The highest BCUT2D eigenvalue weighted by Crippen LogP contribution is 2.34. The maximum Gasteiger partial charge on any atom is 0.144 e. The van der Waals surface area contributed by atoms with E-state index in [1.54, 1.807) is 11.3 Å². The summed E-state index contributed by atoms with van der Waals surface area (Å²) in [6.07, 6.45) is 0. The molecular weight excluding hydrogens is 222 g/mol. The zero-order valence-electron chi connectivity index (χ0n) is 9.87. The fourth-order valence-electron chi connectivity index (χ4n) is 1.73. The van der Waals surface area contributed by atoms with E-state index in [0.717, 1.165) is 32.6 Å². The Labute approximate surface area is 98.5 Å². The highest BCUT2D eigenvalue weighted by molar-refractivity contribution is 7.15. The summed E-state index contributed by atoms with van der Waals surface area (Å²) in [5.74, 6) is 0.808. The molecule has 86 valence electrons. The number of nitrogens with two attached hydrogens (primary N) is 1. The van der Waals surface area contributed by atoms with Gasteiger partial charge in [0.25, 0.3) is 0 Å². The van der Waals surface area contributed by atoms with Gasteiger partial charge in [-0.15, -0.1) is 11.3 Å². The molecule has 0 amide bonds. The predicted octanol–water partition coefficient (Wildman–Crippen LogP) is 2.74. The number of hydrogen-bond acceptors (Lipinski definition) is 5. The molecule has 0 saturated heterocycles. The Morgan fingerprint density at radius 3 is 2.38 bits per heavy atom. The third kappa shape index (κ3) is 1.76. The summed E-state index contributed by atoms with van der Waals surface area (Å²) in [6.45, 7) is 7.78. The van der Waals surface area contributed by atoms with Crippen LogP contribution >= 0.6 is 11.3 Å². The molecule has 0 aliphatic heterocycles. The molecule has 0 bridgehead atoms. The number of aryl methyl sites for hydroxylation is 3. The van der Waals surface area contributed by atoms with Gasteiger partial charge in [-0.25, -0.2) is 4.98 Å². The minimum absolute atomic E-state index is 0.0201. The lowest BCUT2D eigenvalue weighted by molar-refractivity contribution is 0.393. The van der Waals surface area contributed by atoms with Crippen LogP contribution in [0.3, 0.4) is 0 Å². The van der Waals surface area contributed by atoms with Gasteiger partial charge in [0.2, 0.25) is 0 Å². The monoisotopic (exact) mass is 237 g/mol. The summed E-state index contributed by atoms with van der Waals surface area (Å²) in [5, 5.41) is 4.88. The van der Waals surface area contributed by atoms with E-state index in [1.165, 1.54) is 0 Å². The molecule has 0 saturated carbocycles. The molecule has 0 fully saturated rings. The van der Waals surface area contributed by atoms with Crippen LogP contribution in [-0.4, -0.2) is 10.1 Å². The Balaban J connectivity index is 2.54. The van der Waals surface area contributed by atoms with Crippen molar-refractivity contribution in [3.63, 3.8) is 0 Å². The highest BCUT2D eigenvalue weighted by atomic mass is 32.1. The number of nitrogens with zero attached hydrogens (tertiary/aromatic N) is 2. The van der Waals surface area contributed by atoms with E-state index in [-0.39, 0.29) is 6.04 Å². The van der Waals surface area contributed by atoms with Crippen molar-refractivity contribution in [1.29, 1.82) is 0 Å². The summed E-state index contributed by atoms with van der Waals surface area (Å²) in [5.41, 5.74) is 8.76. The molecule has 0 aliphatic carbocycles. The molecule has 4 nitrogen and oxygen atoms in total. The second-order valence-corrected chi connectivity index (χ2v) is 4.99. The van der Waals surface area contributed by atoms with Crippen molar-refractivity contribution in [2.75, 3.05) is 0 Å². The van der Waals surface area contributed by atoms with Crippen LogP contribution in [0.2, 0.25) is 0 Å². The smallest absolute Gasteiger partial charge is 0.144 e. The van der Waals surface area contributed by atoms with Gasteiger partial charge < -0.3 is 10.3 Å². The molecule has 2 aromatic heterocycles. The van der Waals surface area contributed by atoms with Gasteiger partial charge in [0.15, 0.2) is 0 Å². The Morgan fingerprint density at radius 2 is 1.94 bits per heavy atom. The Bertz CT molecular complexity index is 494. The average Bonchev–Trinajstić information content (AvgIpc) is 2.70. The van der Waals surface area contributed by atoms with Crippen molar-refractivity contribution in [3.05, 3.63) is 22.0 Å². The van der Waals surface area contributed by atoms with Crippen LogP contribution in [-0.2, 0) is 0 Å². The summed E-state index contributed by atoms with van der Waals surface area (Å²) in [4.78, 5) is 5.65. The number of aromatic nitrogens is 2. The second-order valence-electron chi connectivity index (χ2n) is 3.96. The van der Waals surface area contributed by atoms with Crippen LogP contribution in [0, 0.1) is 20.8 Å². The molecule has 0 radical (unpaired) electrons. The summed E-state index contributed by atoms with van der Waals surface area (Å²) in [7, 11) is 0. The van der Waals surface area contributed by atoms with Crippen molar-refractivity contribution >= 4 is 11.3 Å². The molecule has 0 aromatic carbocycles. The zero-order valence-corrected chi connectivity index (χ0v) is 10.7. The average molecular weight is 237 g/mol. The van der Waals surface area contributed by atoms with Gasteiger partial charge in [-0.1, -0.05) is 5.16 Å². The van der Waals surface area contributed by atoms with Crippen LogP contribution in [0.15, 0.2) is 4.52 Å². The van der Waals surface area contributed by atoms with E-state index in [0.29, 0.717) is 0 Å². The lowest BCUT2D eigenvalue weighted by atomic mass is 10.2. The molecule has 0 aliphatic rings. The molecule has 2 N–H and O–H groups in total. The van der Waals surface area contributed by atoms with Crippen molar-refractivity contribution < 1.29 is 4.52 Å². The van der Waals surface area contributed by atoms with Crippen LogP contribution in [0.1, 0.15) is 35.0 Å². The van der Waals surface area contributed by atoms with E-state index >= 15 is 0 Å². The SMILES string of the molecule is Cc1nc(-c2c(C)noc2C)sc1C(C)N. The molecule has 16 heavy (non-hydrogen) atoms. The largest absolute Gasteiger partial charge is 0.361 e. The topological polar surface area (TPSA) is 64.9 Å². The number of rotatable bonds is 2. The van der Waals surface area contributed by atoms with E-state index in [4.69, 9.17) is 10.3 Å². The fourth-order valence-corrected chi connectivity index (χ4v) is 2.89. The zero-order chi connectivity index (χ0) is 11.9. The lowest BCUT2D eigenvalue weighted by Crippen LogP contribution is -2.03. The standard InChI is InChI=1S/C11H15N3OS/c1-5(12)10-7(3)13-11(16-10)9-6(2)14-15-8(9)4/h5H,12H2,1-4H3. The van der Waals surface area contributed by atoms with E-state index < -0.39 is 0 Å². The molecule has 1 unspecified atom stereocenters. The molecule has 2 aromatic rings. The lowest BCUT2D eigenvalue weighted by Gasteiger charge is -1.99. The summed E-state index contributed by atoms with van der Waals surface area (Å²) >= 11 is 1.62. The van der Waals surface area contributed by atoms with Crippen molar-refractivity contribution in [1.82, 2.24) is 10.1 Å². The molecule has 0 spiro atoms. The number of hydrogen-bond donors (Lipinski definition) is 1. The van der Waals surface area contributed by atoms with E-state index in [2.05, 4.69) is 10.1 Å². The summed E-state index contributed by atoms with van der Waals surface area (Å²) < 4.78 is 5.14. The highest BCUT2D eigenvalue weighted by Gasteiger charge is 2.18. The molecule has 2 heterocycles. The third-order valence-corrected chi connectivity index (χ3v) is 3.87. The van der Waals surface area contributed by atoms with Crippen LogP contribution in [0.25, 0.3) is 10.6 Å². The van der Waals surface area contributed by atoms with Gasteiger partial charge in [0.1, 0.15) is 10.8 Å². The normalized spacial score (nSPS) is 13.1. The Kier molecular flexibility index (Phi) is 2.82. The predicted molar refractivity (Wildman–Crippen MR) is 64.4 cm³/mol. The number of thiazole rings is 1. The van der Waals surface area contributed by atoms with Crippen LogP contribution < -0.4 is 5.73 Å². The first-order valence-electron chi connectivity index (χ1n) is 5.17. The van der Waals surface area contributed by atoms with Gasteiger partial charge in [-0.2, -0.15) is 0 Å². The third-order valence-electron chi connectivity index (χ3n) is 2.49. The first-order valence-corrected chi connectivity index (χ1v) is 5.98. The molecule has 5 heteroatoms. The van der Waals surface area contributed by atoms with Crippen LogP contribution in [0.5, 0.6) is 0 Å². The van der Waals surface area contributed by atoms with Gasteiger partial charge in [0, 0.05) is 10.9 Å². The first-order chi connectivity index (χ1) is 7.50. The summed E-state index contributed by atoms with van der Waals surface area (Å²) in [6, 6.07) is 0.0201. The van der Waals surface area contributed by atoms with Gasteiger partial charge >= 0.3 is 0 Å². The van der Waals surface area contributed by atoms with E-state index in [9.17, 15) is 0 Å². The van der Waals surface area contributed by atoms with Crippen LogP contribution in [0.4, 0.5) is 0 Å². The minimum atomic E-state index is 0.0201. The van der Waals surface area contributed by atoms with Gasteiger partial charge in [-0.05, 0) is 27.7 Å². The molecule has 1 atom stereocenters. The maximum atomic E-state index is 5.89. The van der Waals surface area contributed by atoms with Gasteiger partial charge in [-0.3, -0.25) is 0 Å². The van der Waals surface area contributed by atoms with Gasteiger partial charge in [0.05, 0.1) is 17.0 Å². The first kappa shape index (κ1) is 11.3. The Morgan fingerprint density at radius 1 is 1.25 bits per heavy atom. The fraction of sp³-hybridized carbons (Fsp3) is 0.455. The molecule has 2 rings (SSSR count). The molecular formula is C11H15N3OS. The Hall–Kier alpha value is -1.20. The minimum Gasteiger partial charge on any atom is -0.361 e. The second kappa shape index (κ2) is 3.99. The van der Waals surface area contributed by atoms with E-state index in [1.807, 2.05) is 27.7 Å². The quantitative estimate of drug-likeness (QED) is 0.872. The van der Waals surface area contributed by atoms with Crippen molar-refractivity contribution in [3.8, 4) is 10.6 Å². The maximum absolute atomic E-state index is 5.89.